The van der Waals surface area contributed by atoms with E-state index >= 15 is 0 Å². The third-order valence-electron chi connectivity index (χ3n) is 3.20. The maximum absolute atomic E-state index is 5.74. The minimum absolute atomic E-state index is 0.405. The number of hydrogen-bond acceptors (Lipinski definition) is 3. The van der Waals surface area contributed by atoms with Gasteiger partial charge in [0.2, 0.25) is 0 Å². The molecule has 0 aliphatic carbocycles. The second kappa shape index (κ2) is 5.51. The minimum Gasteiger partial charge on any atom is -0.468 e. The molecule has 0 spiro atoms. The van der Waals surface area contributed by atoms with Crippen LogP contribution in [0.3, 0.4) is 0 Å². The van der Waals surface area contributed by atoms with Gasteiger partial charge in [-0.05, 0) is 30.9 Å². The zero-order valence-electron chi connectivity index (χ0n) is 10.1. The molecule has 2 rings (SSSR count). The molecule has 0 saturated carbocycles. The summed E-state index contributed by atoms with van der Waals surface area (Å²) in [5, 5.41) is 3.54. The summed E-state index contributed by atoms with van der Waals surface area (Å²) >= 11 is 0. The summed E-state index contributed by atoms with van der Waals surface area (Å²) in [5.41, 5.74) is 0. The van der Waals surface area contributed by atoms with Crippen LogP contribution in [-0.2, 0) is 11.3 Å². The largest absolute Gasteiger partial charge is 0.468 e. The number of hydrogen-bond donors (Lipinski definition) is 1. The summed E-state index contributed by atoms with van der Waals surface area (Å²) in [6.07, 6.45) is 4.34. The standard InChI is InChI=1S/C13H21NO2/c1-10(2)13-8-11(5-7-16-13)14-9-12-4-3-6-15-12/h3-4,6,10-11,13-14H,5,7-9H2,1-2H3. The highest BCUT2D eigenvalue weighted by Gasteiger charge is 2.24. The first-order valence-electron chi connectivity index (χ1n) is 6.13. The molecule has 90 valence electrons. The molecule has 2 unspecified atom stereocenters. The quantitative estimate of drug-likeness (QED) is 0.852. The van der Waals surface area contributed by atoms with Crippen LogP contribution in [0.2, 0.25) is 0 Å². The van der Waals surface area contributed by atoms with Crippen molar-refractivity contribution in [3.05, 3.63) is 24.2 Å². The molecule has 3 nitrogen and oxygen atoms in total. The van der Waals surface area contributed by atoms with Gasteiger partial charge < -0.3 is 14.5 Å². The Morgan fingerprint density at radius 2 is 2.38 bits per heavy atom. The molecule has 2 heterocycles. The van der Waals surface area contributed by atoms with E-state index in [0.717, 1.165) is 31.8 Å². The number of nitrogens with one attached hydrogen (secondary N) is 1. The van der Waals surface area contributed by atoms with Gasteiger partial charge in [-0.15, -0.1) is 0 Å². The number of rotatable bonds is 4. The van der Waals surface area contributed by atoms with E-state index in [-0.39, 0.29) is 0 Å². The highest BCUT2D eigenvalue weighted by atomic mass is 16.5. The lowest BCUT2D eigenvalue weighted by atomic mass is 9.95. The molecule has 16 heavy (non-hydrogen) atoms. The lowest BCUT2D eigenvalue weighted by Crippen LogP contribution is -2.40. The van der Waals surface area contributed by atoms with Crippen molar-refractivity contribution in [3.63, 3.8) is 0 Å². The zero-order valence-corrected chi connectivity index (χ0v) is 10.1. The Kier molecular flexibility index (Phi) is 4.02. The van der Waals surface area contributed by atoms with Gasteiger partial charge in [0.05, 0.1) is 18.9 Å². The van der Waals surface area contributed by atoms with Crippen LogP contribution in [0.15, 0.2) is 22.8 Å². The van der Waals surface area contributed by atoms with Crippen molar-refractivity contribution in [1.29, 1.82) is 0 Å². The highest BCUT2D eigenvalue weighted by Crippen LogP contribution is 2.20. The Morgan fingerprint density at radius 1 is 1.50 bits per heavy atom. The molecule has 0 amide bonds. The Labute approximate surface area is 97.2 Å². The SMILES string of the molecule is CC(C)C1CC(NCc2ccco2)CCO1. The topological polar surface area (TPSA) is 34.4 Å². The van der Waals surface area contributed by atoms with Gasteiger partial charge in [0, 0.05) is 12.6 Å². The van der Waals surface area contributed by atoms with Gasteiger partial charge in [0.25, 0.3) is 0 Å². The predicted molar refractivity (Wildman–Crippen MR) is 63.1 cm³/mol. The van der Waals surface area contributed by atoms with E-state index in [1.54, 1.807) is 6.26 Å². The van der Waals surface area contributed by atoms with Gasteiger partial charge in [0.15, 0.2) is 0 Å². The van der Waals surface area contributed by atoms with Gasteiger partial charge in [-0.1, -0.05) is 13.8 Å². The van der Waals surface area contributed by atoms with Crippen molar-refractivity contribution in [3.8, 4) is 0 Å². The van der Waals surface area contributed by atoms with Crippen molar-refractivity contribution >= 4 is 0 Å². The van der Waals surface area contributed by atoms with E-state index < -0.39 is 0 Å². The molecule has 2 atom stereocenters. The number of ether oxygens (including phenoxy) is 1. The van der Waals surface area contributed by atoms with Gasteiger partial charge in [-0.3, -0.25) is 0 Å². The van der Waals surface area contributed by atoms with Crippen LogP contribution in [0.5, 0.6) is 0 Å². The Bertz CT molecular complexity index is 295. The van der Waals surface area contributed by atoms with Gasteiger partial charge in [0.1, 0.15) is 5.76 Å². The average molecular weight is 223 g/mol. The molecule has 1 aliphatic heterocycles. The van der Waals surface area contributed by atoms with Crippen LogP contribution in [0.1, 0.15) is 32.4 Å². The molecule has 1 aromatic heterocycles. The predicted octanol–water partition coefficient (Wildman–Crippen LogP) is 2.57. The Hall–Kier alpha value is -0.800. The average Bonchev–Trinajstić information content (AvgIpc) is 2.79. The monoisotopic (exact) mass is 223 g/mol. The fourth-order valence-corrected chi connectivity index (χ4v) is 2.14. The van der Waals surface area contributed by atoms with Crippen LogP contribution in [-0.4, -0.2) is 18.8 Å². The van der Waals surface area contributed by atoms with Crippen molar-refractivity contribution in [2.75, 3.05) is 6.61 Å². The summed E-state index contributed by atoms with van der Waals surface area (Å²) in [7, 11) is 0. The van der Waals surface area contributed by atoms with Crippen molar-refractivity contribution < 1.29 is 9.15 Å². The molecule has 0 bridgehead atoms. The van der Waals surface area contributed by atoms with Crippen molar-refractivity contribution in [1.82, 2.24) is 5.32 Å². The van der Waals surface area contributed by atoms with Crippen molar-refractivity contribution in [2.45, 2.75) is 45.4 Å². The molecular formula is C13H21NO2. The van der Waals surface area contributed by atoms with Gasteiger partial charge in [-0.25, -0.2) is 0 Å². The molecule has 3 heteroatoms. The van der Waals surface area contributed by atoms with E-state index in [0.29, 0.717) is 18.1 Å². The summed E-state index contributed by atoms with van der Waals surface area (Å²) in [6.45, 7) is 6.14. The summed E-state index contributed by atoms with van der Waals surface area (Å²) in [5.74, 6) is 1.61. The summed E-state index contributed by atoms with van der Waals surface area (Å²) < 4.78 is 11.0. The van der Waals surface area contributed by atoms with Crippen LogP contribution < -0.4 is 5.32 Å². The normalized spacial score (nSPS) is 26.2. The second-order valence-electron chi connectivity index (χ2n) is 4.83. The maximum atomic E-state index is 5.74. The van der Waals surface area contributed by atoms with Crippen LogP contribution >= 0.6 is 0 Å². The van der Waals surface area contributed by atoms with Gasteiger partial charge in [-0.2, -0.15) is 0 Å². The Balaban J connectivity index is 1.77. The molecule has 1 aliphatic rings. The first-order valence-corrected chi connectivity index (χ1v) is 6.13. The molecule has 1 saturated heterocycles. The molecule has 1 aromatic rings. The molecule has 0 aromatic carbocycles. The van der Waals surface area contributed by atoms with E-state index in [4.69, 9.17) is 9.15 Å². The van der Waals surface area contributed by atoms with Gasteiger partial charge >= 0.3 is 0 Å². The summed E-state index contributed by atoms with van der Waals surface area (Å²) in [6, 6.07) is 4.50. The first-order chi connectivity index (χ1) is 7.75. The lowest BCUT2D eigenvalue weighted by Gasteiger charge is -2.32. The fourth-order valence-electron chi connectivity index (χ4n) is 2.14. The van der Waals surface area contributed by atoms with E-state index in [1.807, 2.05) is 12.1 Å². The Morgan fingerprint density at radius 3 is 3.06 bits per heavy atom. The third kappa shape index (κ3) is 3.09. The van der Waals surface area contributed by atoms with E-state index in [9.17, 15) is 0 Å². The third-order valence-corrected chi connectivity index (χ3v) is 3.20. The summed E-state index contributed by atoms with van der Waals surface area (Å²) in [4.78, 5) is 0. The van der Waals surface area contributed by atoms with Crippen LogP contribution in [0.25, 0.3) is 0 Å². The van der Waals surface area contributed by atoms with Crippen LogP contribution in [0, 0.1) is 5.92 Å². The minimum atomic E-state index is 0.405. The number of furan rings is 1. The zero-order chi connectivity index (χ0) is 11.4. The van der Waals surface area contributed by atoms with E-state index in [2.05, 4.69) is 19.2 Å². The molecular weight excluding hydrogens is 202 g/mol. The maximum Gasteiger partial charge on any atom is 0.117 e. The smallest absolute Gasteiger partial charge is 0.117 e. The van der Waals surface area contributed by atoms with E-state index in [1.165, 1.54) is 0 Å². The highest BCUT2D eigenvalue weighted by molar-refractivity contribution is 4.98. The second-order valence-corrected chi connectivity index (χ2v) is 4.83. The fraction of sp³-hybridized carbons (Fsp3) is 0.692. The first kappa shape index (κ1) is 11.7. The molecule has 0 radical (unpaired) electrons. The molecule has 1 fully saturated rings. The lowest BCUT2D eigenvalue weighted by molar-refractivity contribution is -0.0247. The van der Waals surface area contributed by atoms with Crippen molar-refractivity contribution in [2.24, 2.45) is 5.92 Å². The molecule has 1 N–H and O–H groups in total. The van der Waals surface area contributed by atoms with Crippen LogP contribution in [0.4, 0.5) is 0 Å².